The van der Waals surface area contributed by atoms with Crippen LogP contribution in [0.2, 0.25) is 0 Å². The fourth-order valence-corrected chi connectivity index (χ4v) is 2.46. The Labute approximate surface area is 179 Å². The molecule has 1 aromatic rings. The minimum absolute atomic E-state index is 0. The molecule has 0 fully saturated rings. The van der Waals surface area contributed by atoms with Crippen molar-refractivity contribution in [1.82, 2.24) is 0 Å². The Bertz CT molecular complexity index is 453. The molecule has 1 rings (SSSR count). The molecular weight excluding hydrogens is 348 g/mol. The number of benzene rings is 1. The first-order chi connectivity index (χ1) is 10.9. The summed E-state index contributed by atoms with van der Waals surface area (Å²) in [6.07, 6.45) is 16.2. The van der Waals surface area contributed by atoms with Gasteiger partial charge >= 0.3 is 37.7 Å². The van der Waals surface area contributed by atoms with E-state index in [9.17, 15) is 8.42 Å². The predicted molar refractivity (Wildman–Crippen MR) is 108 cm³/mol. The van der Waals surface area contributed by atoms with Gasteiger partial charge in [0.2, 0.25) is 0 Å². The van der Waals surface area contributed by atoms with E-state index in [1.807, 2.05) is 0 Å². The summed E-state index contributed by atoms with van der Waals surface area (Å²) in [6, 6.07) is 10.9. The summed E-state index contributed by atoms with van der Waals surface area (Å²) in [5.74, 6) is 0. The first-order valence-corrected chi connectivity index (χ1v) is 10.7. The van der Waals surface area contributed by atoms with E-state index in [2.05, 4.69) is 37.3 Å². The van der Waals surface area contributed by atoms with Crippen molar-refractivity contribution in [3.63, 3.8) is 0 Å². The molecular formula is C19H36CaO3S. The van der Waals surface area contributed by atoms with E-state index < -0.39 is 10.1 Å². The first-order valence-electron chi connectivity index (χ1n) is 8.90. The van der Waals surface area contributed by atoms with Crippen LogP contribution >= 0.6 is 0 Å². The Morgan fingerprint density at radius 3 is 1.58 bits per heavy atom. The number of unbranched alkanes of at least 4 members (excludes halogenated alkanes) is 9. The van der Waals surface area contributed by atoms with Gasteiger partial charge in [-0.1, -0.05) is 95.0 Å². The van der Waals surface area contributed by atoms with Gasteiger partial charge in [-0.2, -0.15) is 8.42 Å². The molecule has 0 aliphatic rings. The molecule has 0 aliphatic carbocycles. The van der Waals surface area contributed by atoms with E-state index in [1.54, 1.807) is 0 Å². The second kappa shape index (κ2) is 18.2. The monoisotopic (exact) mass is 384 g/mol. The van der Waals surface area contributed by atoms with Crippen LogP contribution in [-0.2, 0) is 16.5 Å². The van der Waals surface area contributed by atoms with E-state index >= 15 is 0 Å². The van der Waals surface area contributed by atoms with Crippen molar-refractivity contribution in [1.29, 1.82) is 0 Å². The zero-order valence-electron chi connectivity index (χ0n) is 14.8. The van der Waals surface area contributed by atoms with Gasteiger partial charge in [0.25, 0.3) is 10.1 Å². The third kappa shape index (κ3) is 24.6. The minimum atomic E-state index is -3.67. The summed E-state index contributed by atoms with van der Waals surface area (Å²) in [6.45, 7) is 2.28. The van der Waals surface area contributed by atoms with Crippen LogP contribution in [0, 0.1) is 0 Å². The average Bonchev–Trinajstić information content (AvgIpc) is 2.48. The molecule has 0 aliphatic heterocycles. The molecule has 24 heavy (non-hydrogen) atoms. The van der Waals surface area contributed by atoms with Crippen molar-refractivity contribution in [3.8, 4) is 0 Å². The number of hydrogen-bond acceptors (Lipinski definition) is 2. The Morgan fingerprint density at radius 1 is 0.792 bits per heavy atom. The van der Waals surface area contributed by atoms with Gasteiger partial charge < -0.3 is 0 Å². The summed E-state index contributed by atoms with van der Waals surface area (Å²) >= 11 is 0. The summed E-state index contributed by atoms with van der Waals surface area (Å²) in [5, 5.41) is 0. The summed E-state index contributed by atoms with van der Waals surface area (Å²) in [5.41, 5.74) is 1.50. The summed E-state index contributed by atoms with van der Waals surface area (Å²) in [4.78, 5) is 0. The Balaban J connectivity index is 0. The fourth-order valence-electron chi connectivity index (χ4n) is 2.46. The summed E-state index contributed by atoms with van der Waals surface area (Å²) in [7, 11) is -3.67. The van der Waals surface area contributed by atoms with E-state index in [4.69, 9.17) is 4.55 Å². The van der Waals surface area contributed by atoms with E-state index in [1.165, 1.54) is 76.2 Å². The molecule has 5 heteroatoms. The van der Waals surface area contributed by atoms with Crippen molar-refractivity contribution in [2.75, 3.05) is 6.26 Å². The van der Waals surface area contributed by atoms with Gasteiger partial charge in [0.1, 0.15) is 0 Å². The molecule has 0 unspecified atom stereocenters. The van der Waals surface area contributed by atoms with Crippen LogP contribution in [-0.4, -0.2) is 57.0 Å². The third-order valence-electron chi connectivity index (χ3n) is 3.66. The van der Waals surface area contributed by atoms with Gasteiger partial charge in [0, 0.05) is 0 Å². The Hall–Kier alpha value is 0.390. The maximum absolute atomic E-state index is 9.19. The quantitative estimate of drug-likeness (QED) is 0.341. The molecule has 0 bridgehead atoms. The second-order valence-electron chi connectivity index (χ2n) is 6.15. The molecule has 0 spiro atoms. The zero-order valence-corrected chi connectivity index (χ0v) is 15.7. The molecule has 1 N–H and O–H groups in total. The van der Waals surface area contributed by atoms with Crippen LogP contribution < -0.4 is 0 Å². The molecule has 0 amide bonds. The topological polar surface area (TPSA) is 54.4 Å². The van der Waals surface area contributed by atoms with Crippen molar-refractivity contribution >= 4 is 47.9 Å². The number of aryl methyl sites for hydroxylation is 1. The van der Waals surface area contributed by atoms with Gasteiger partial charge in [0.15, 0.2) is 0 Å². The van der Waals surface area contributed by atoms with Crippen LogP contribution in [0.5, 0.6) is 0 Å². The molecule has 0 heterocycles. The van der Waals surface area contributed by atoms with Crippen molar-refractivity contribution in [3.05, 3.63) is 35.9 Å². The SMILES string of the molecule is CCCCCCCCCCCCc1ccccc1.CS(=O)(=O)O.[CaH2]. The van der Waals surface area contributed by atoms with Crippen LogP contribution in [0.3, 0.4) is 0 Å². The van der Waals surface area contributed by atoms with Crippen molar-refractivity contribution < 1.29 is 13.0 Å². The molecule has 0 atom stereocenters. The standard InChI is InChI=1S/C18H30.CH4O3S.Ca.2H/c1-2-3-4-5-6-7-8-9-10-12-15-18-16-13-11-14-17-18;1-5(2,3)4;;;/h11,13-14,16-17H,2-10,12,15H2,1H3;1H3,(H,2,3,4);;;. The normalized spacial score (nSPS) is 10.5. The predicted octanol–water partition coefficient (Wildman–Crippen LogP) is 4.74. The van der Waals surface area contributed by atoms with E-state index in [-0.39, 0.29) is 37.7 Å². The van der Waals surface area contributed by atoms with Crippen LogP contribution in [0.15, 0.2) is 30.3 Å². The van der Waals surface area contributed by atoms with Gasteiger partial charge in [0.05, 0.1) is 6.26 Å². The maximum atomic E-state index is 9.19. The average molecular weight is 385 g/mol. The molecule has 1 aromatic carbocycles. The molecule has 0 radical (unpaired) electrons. The summed E-state index contributed by atoms with van der Waals surface area (Å²) < 4.78 is 25.9. The number of hydrogen-bond donors (Lipinski definition) is 1. The van der Waals surface area contributed by atoms with E-state index in [0.29, 0.717) is 6.26 Å². The second-order valence-corrected chi connectivity index (χ2v) is 7.62. The van der Waals surface area contributed by atoms with Crippen LogP contribution in [0.4, 0.5) is 0 Å². The number of rotatable bonds is 11. The van der Waals surface area contributed by atoms with Gasteiger partial charge in [-0.25, -0.2) is 0 Å². The van der Waals surface area contributed by atoms with Crippen LogP contribution in [0.1, 0.15) is 76.7 Å². The fraction of sp³-hybridized carbons (Fsp3) is 0.684. The zero-order chi connectivity index (χ0) is 17.4. The van der Waals surface area contributed by atoms with Crippen molar-refractivity contribution in [2.45, 2.75) is 77.6 Å². The molecule has 138 valence electrons. The van der Waals surface area contributed by atoms with Gasteiger partial charge in [-0.3, -0.25) is 4.55 Å². The van der Waals surface area contributed by atoms with Crippen molar-refractivity contribution in [2.24, 2.45) is 0 Å². The Morgan fingerprint density at radius 2 is 1.17 bits per heavy atom. The molecule has 0 saturated carbocycles. The first kappa shape index (κ1) is 26.6. The molecule has 0 aromatic heterocycles. The van der Waals surface area contributed by atoms with Gasteiger partial charge in [-0.05, 0) is 18.4 Å². The molecule has 3 nitrogen and oxygen atoms in total. The Kier molecular flexibility index (Phi) is 20.2. The third-order valence-corrected chi connectivity index (χ3v) is 3.66. The molecule has 0 saturated heterocycles. The van der Waals surface area contributed by atoms with Crippen LogP contribution in [0.25, 0.3) is 0 Å². The van der Waals surface area contributed by atoms with E-state index in [0.717, 1.165) is 0 Å². The van der Waals surface area contributed by atoms with Gasteiger partial charge in [-0.15, -0.1) is 0 Å².